The highest BCUT2D eigenvalue weighted by Gasteiger charge is 2.84. The zero-order valence-corrected chi connectivity index (χ0v) is 31.7. The second kappa shape index (κ2) is 12.2. The second-order valence-electron chi connectivity index (χ2n) is 18.2. The molecule has 4 N–H and O–H groups in total. The van der Waals surface area contributed by atoms with Gasteiger partial charge in [-0.05, 0) is 112 Å². The van der Waals surface area contributed by atoms with E-state index in [0.29, 0.717) is 24.9 Å². The Morgan fingerprint density at radius 2 is 1.66 bits per heavy atom. The van der Waals surface area contributed by atoms with Crippen molar-refractivity contribution in [3.63, 3.8) is 0 Å². The van der Waals surface area contributed by atoms with Gasteiger partial charge in [0.15, 0.2) is 0 Å². The van der Waals surface area contributed by atoms with Gasteiger partial charge < -0.3 is 29.7 Å². The highest BCUT2D eigenvalue weighted by molar-refractivity contribution is 7.90. The Bertz CT molecular complexity index is 1440. The number of amides is 1. The van der Waals surface area contributed by atoms with Crippen molar-refractivity contribution in [3.05, 3.63) is 0 Å². The third-order valence-electron chi connectivity index (χ3n) is 15.4. The molecule has 0 aromatic carbocycles. The molecule has 1 saturated heterocycles. The number of carbonyl (C=O) groups is 1. The summed E-state index contributed by atoms with van der Waals surface area (Å²) in [5, 5.41) is 25.9. The number of hydrogen-bond donors (Lipinski definition) is 4. The molecule has 50 heavy (non-hydrogen) atoms. The van der Waals surface area contributed by atoms with Crippen molar-refractivity contribution in [2.24, 2.45) is 50.7 Å². The van der Waals surface area contributed by atoms with Gasteiger partial charge in [-0.3, -0.25) is 0 Å². The molecule has 10 nitrogen and oxygen atoms in total. The van der Waals surface area contributed by atoms with Gasteiger partial charge >= 0.3 is 21.6 Å². The quantitative estimate of drug-likeness (QED) is 0.227. The zero-order chi connectivity index (χ0) is 37.1. The predicted molar refractivity (Wildman–Crippen MR) is 179 cm³/mol. The fourth-order valence-corrected chi connectivity index (χ4v) is 13.8. The summed E-state index contributed by atoms with van der Waals surface area (Å²) in [5.41, 5.74) is -7.18. The first-order valence-corrected chi connectivity index (χ1v) is 20.1. The summed E-state index contributed by atoms with van der Waals surface area (Å²) in [6, 6.07) is 0. The molecule has 1 aliphatic heterocycles. The van der Waals surface area contributed by atoms with Crippen LogP contribution in [0.25, 0.3) is 0 Å². The average Bonchev–Trinajstić information content (AvgIpc) is 3.63. The first-order valence-electron chi connectivity index (χ1n) is 18.6. The first-order chi connectivity index (χ1) is 22.9. The Morgan fingerprint density at radius 1 is 1.02 bits per heavy atom. The lowest BCUT2D eigenvalue weighted by atomic mass is 9.41. The molecule has 6 rings (SSSR count). The number of halogens is 3. The number of rotatable bonds is 9. The molecule has 6 fully saturated rings. The molecule has 0 aromatic rings. The molecule has 0 radical (unpaired) electrons. The van der Waals surface area contributed by atoms with Crippen LogP contribution in [0.4, 0.5) is 18.0 Å². The maximum Gasteiger partial charge on any atom is 0.511 e. The van der Waals surface area contributed by atoms with Gasteiger partial charge in [-0.15, -0.1) is 0 Å². The van der Waals surface area contributed by atoms with Crippen LogP contribution in [0.5, 0.6) is 0 Å². The van der Waals surface area contributed by atoms with Crippen molar-refractivity contribution >= 4 is 16.1 Å². The van der Waals surface area contributed by atoms with Crippen LogP contribution in [0.2, 0.25) is 0 Å². The summed E-state index contributed by atoms with van der Waals surface area (Å²) in [5.74, 6) is 1.08. The second-order valence-corrected chi connectivity index (χ2v) is 20.0. The lowest BCUT2D eigenvalue weighted by Gasteiger charge is -2.63. The Morgan fingerprint density at radius 3 is 2.28 bits per heavy atom. The first kappa shape index (κ1) is 38.5. The fraction of sp³-hybridized carbons (Fsp3) is 0.972. The van der Waals surface area contributed by atoms with Gasteiger partial charge in [0.25, 0.3) is 0 Å². The average molecular weight is 737 g/mol. The summed E-state index contributed by atoms with van der Waals surface area (Å²) < 4.78 is 80.5. The third-order valence-corrected chi connectivity index (χ3v) is 16.6. The smallest absolute Gasteiger partial charge is 0.446 e. The summed E-state index contributed by atoms with van der Waals surface area (Å²) in [6.45, 7) is 16.3. The van der Waals surface area contributed by atoms with Crippen LogP contribution >= 0.6 is 0 Å². The molecule has 2 spiro atoms. The minimum Gasteiger partial charge on any atom is -0.446 e. The minimum atomic E-state index is -5.49. The van der Waals surface area contributed by atoms with Crippen LogP contribution in [-0.2, 0) is 24.2 Å². The summed E-state index contributed by atoms with van der Waals surface area (Å²) >= 11 is 0. The van der Waals surface area contributed by atoms with Crippen molar-refractivity contribution < 1.29 is 50.8 Å². The molecular weight excluding hydrogens is 677 g/mol. The molecule has 0 aromatic heterocycles. The molecule has 14 heteroatoms. The lowest BCUT2D eigenvalue weighted by molar-refractivity contribution is -0.215. The predicted octanol–water partition coefficient (Wildman–Crippen LogP) is 5.51. The summed E-state index contributed by atoms with van der Waals surface area (Å²) in [7, 11) is -5.49. The van der Waals surface area contributed by atoms with E-state index in [4.69, 9.17) is 14.2 Å². The van der Waals surface area contributed by atoms with Crippen LogP contribution in [0.3, 0.4) is 0 Å². The van der Waals surface area contributed by atoms with Crippen molar-refractivity contribution in [2.45, 2.75) is 148 Å². The number of ether oxygens (including phenoxy) is 3. The van der Waals surface area contributed by atoms with E-state index in [1.54, 1.807) is 13.8 Å². The third kappa shape index (κ3) is 5.41. The molecule has 1 amide bonds. The van der Waals surface area contributed by atoms with E-state index in [0.717, 1.165) is 44.9 Å². The van der Waals surface area contributed by atoms with Crippen molar-refractivity contribution in [2.75, 3.05) is 19.7 Å². The number of hydrogen-bond acceptors (Lipinski definition) is 8. The van der Waals surface area contributed by atoms with Crippen LogP contribution in [0, 0.1) is 50.7 Å². The van der Waals surface area contributed by atoms with Crippen LogP contribution in [0.1, 0.15) is 107 Å². The van der Waals surface area contributed by atoms with Gasteiger partial charge in [0, 0.05) is 30.5 Å². The number of fused-ring (bicyclic) bond motifs is 4. The molecule has 5 aliphatic carbocycles. The monoisotopic (exact) mass is 736 g/mol. The summed E-state index contributed by atoms with van der Waals surface area (Å²) in [4.78, 5) is 12.7. The minimum absolute atomic E-state index is 0.0828. The standard InChI is InChI=1S/C36H59F3N2O8S/c1-9-47-28(31(5,6)44)21-18-20(2)25-26(48-21)27(42)33(8)23-11-10-22-30(3,4)24(12-13-34(22)19-35(23,34)15-14-32(25,33)7)49-29(43)40-16-17-41-50(45,46)36(37,38)39/h20-28,41-42,44H,9-19H2,1-8H3,(H,40,43)/t20-,21-,22+,23+,24+,25+,26+,27+,28+,32-,33-,34-,35+/m1/s1. The van der Waals surface area contributed by atoms with E-state index in [-0.39, 0.29) is 57.7 Å². The topological polar surface area (TPSA) is 143 Å². The van der Waals surface area contributed by atoms with Crippen molar-refractivity contribution in [1.29, 1.82) is 0 Å². The van der Waals surface area contributed by atoms with E-state index in [2.05, 4.69) is 39.9 Å². The molecule has 0 bridgehead atoms. The van der Waals surface area contributed by atoms with Crippen molar-refractivity contribution in [1.82, 2.24) is 10.0 Å². The number of alkyl carbamates (subject to hydrolysis) is 1. The van der Waals surface area contributed by atoms with Crippen LogP contribution in [-0.4, -0.2) is 86.0 Å². The molecule has 0 unspecified atom stereocenters. The highest BCUT2D eigenvalue weighted by atomic mass is 32.2. The van der Waals surface area contributed by atoms with Gasteiger partial charge in [0.05, 0.1) is 23.9 Å². The van der Waals surface area contributed by atoms with E-state index < -0.39 is 52.1 Å². The van der Waals surface area contributed by atoms with Gasteiger partial charge in [-0.1, -0.05) is 34.6 Å². The number of alkyl halides is 3. The van der Waals surface area contributed by atoms with Gasteiger partial charge in [-0.2, -0.15) is 13.2 Å². The molecule has 288 valence electrons. The Balaban J connectivity index is 1.16. The molecule has 1 heterocycles. The molecule has 6 aliphatic rings. The normalized spacial score (nSPS) is 45.6. The van der Waals surface area contributed by atoms with E-state index in [1.807, 2.05) is 6.92 Å². The number of nitrogens with one attached hydrogen (secondary N) is 2. The van der Waals surface area contributed by atoms with Crippen LogP contribution in [0.15, 0.2) is 0 Å². The lowest BCUT2D eigenvalue weighted by Crippen LogP contribution is -2.60. The number of aliphatic hydroxyl groups is 2. The SMILES string of the molecule is CCO[C@@H]([C@H]1C[C@@H](C)[C@H]2[C@H](O1)[C@H](O)[C@@]1(C)[C@@H]3CC[C@H]4C(C)(C)[C@@H](OC(=O)NCCNS(=O)(=O)C(F)(F)F)CC[C@@]45C[C@@]35CC[C@]21C)C(C)(C)O. The van der Waals surface area contributed by atoms with Crippen molar-refractivity contribution in [3.8, 4) is 0 Å². The van der Waals surface area contributed by atoms with Gasteiger partial charge in [0.2, 0.25) is 0 Å². The Hall–Kier alpha value is -1.19. The Labute approximate surface area is 295 Å². The van der Waals surface area contributed by atoms with E-state index in [9.17, 15) is 36.6 Å². The maximum absolute atomic E-state index is 12.7. The van der Waals surface area contributed by atoms with Crippen LogP contribution < -0.4 is 10.0 Å². The van der Waals surface area contributed by atoms with Gasteiger partial charge in [-0.25, -0.2) is 17.9 Å². The summed E-state index contributed by atoms with van der Waals surface area (Å²) in [6.07, 6.45) is 4.43. The molecule has 13 atom stereocenters. The fourth-order valence-electron chi connectivity index (χ4n) is 13.3. The van der Waals surface area contributed by atoms with E-state index in [1.165, 1.54) is 4.72 Å². The zero-order valence-electron chi connectivity index (χ0n) is 30.9. The number of carbonyl (C=O) groups excluding carboxylic acids is 1. The Kier molecular flexibility index (Phi) is 9.37. The largest absolute Gasteiger partial charge is 0.511 e. The van der Waals surface area contributed by atoms with E-state index >= 15 is 0 Å². The molecule has 5 saturated carbocycles. The van der Waals surface area contributed by atoms with Gasteiger partial charge in [0.1, 0.15) is 12.2 Å². The number of aliphatic hydroxyl groups excluding tert-OH is 1. The molecular formula is C36H59F3N2O8S. The maximum atomic E-state index is 12.7. The number of sulfonamides is 1. The highest BCUT2D eigenvalue weighted by Crippen LogP contribution is 2.89.